The van der Waals surface area contributed by atoms with Crippen molar-refractivity contribution in [1.29, 1.82) is 0 Å². The van der Waals surface area contributed by atoms with E-state index < -0.39 is 4.92 Å². The van der Waals surface area contributed by atoms with Gasteiger partial charge < -0.3 is 4.52 Å². The molecule has 0 bridgehead atoms. The van der Waals surface area contributed by atoms with E-state index in [1.54, 1.807) is 16.7 Å². The van der Waals surface area contributed by atoms with Crippen molar-refractivity contribution in [3.05, 3.63) is 50.8 Å². The molecule has 0 spiro atoms. The molecule has 3 rings (SSSR count). The summed E-state index contributed by atoms with van der Waals surface area (Å²) in [5, 5.41) is 21.7. The number of nitro benzene ring substituents is 1. The first-order valence-electron chi connectivity index (χ1n) is 7.94. The summed E-state index contributed by atoms with van der Waals surface area (Å²) in [6.45, 7) is 2.64. The molecule has 0 radical (unpaired) electrons. The van der Waals surface area contributed by atoms with Crippen LogP contribution in [-0.2, 0) is 12.3 Å². The fourth-order valence-corrected chi connectivity index (χ4v) is 3.05. The molecule has 0 saturated heterocycles. The predicted octanol–water partition coefficient (Wildman–Crippen LogP) is 2.62. The van der Waals surface area contributed by atoms with E-state index in [0.29, 0.717) is 28.9 Å². The fraction of sp³-hybridized carbons (Fsp3) is 0.333. The molecule has 1 aromatic carbocycles. The average molecular weight is 376 g/mol. The number of aromatic nitrogens is 5. The maximum Gasteiger partial charge on any atom is 0.343 e. The van der Waals surface area contributed by atoms with Crippen molar-refractivity contribution in [2.45, 2.75) is 37.2 Å². The summed E-state index contributed by atoms with van der Waals surface area (Å²) in [5.41, 5.74) is 0.210. The van der Waals surface area contributed by atoms with Gasteiger partial charge >= 0.3 is 5.69 Å². The first-order chi connectivity index (χ1) is 12.6. The van der Waals surface area contributed by atoms with Gasteiger partial charge in [0.2, 0.25) is 11.7 Å². The lowest BCUT2D eigenvalue weighted by molar-refractivity contribution is -0.384. The van der Waals surface area contributed by atoms with Gasteiger partial charge in [-0.15, -0.1) is 5.10 Å². The van der Waals surface area contributed by atoms with Crippen LogP contribution in [0, 0.1) is 10.1 Å². The van der Waals surface area contributed by atoms with Gasteiger partial charge in [-0.05, 0) is 6.42 Å². The van der Waals surface area contributed by atoms with Crippen molar-refractivity contribution < 1.29 is 9.45 Å². The number of thioether (sulfide) groups is 1. The minimum atomic E-state index is -0.479. The lowest BCUT2D eigenvalue weighted by Crippen LogP contribution is -2.17. The van der Waals surface area contributed by atoms with Crippen molar-refractivity contribution in [3.8, 4) is 11.4 Å². The standard InChI is InChI=1S/C15H16N6O4S/c1-2-3-7-20-14(22)17-18-15(20)26-9-12-16-13(19-25-12)10-5-4-6-11(8-10)21(23)24/h4-6,8H,2-3,7,9H2,1H3,(H,17,22). The molecule has 0 unspecified atom stereocenters. The number of hydrogen-bond acceptors (Lipinski definition) is 8. The number of nitrogens with one attached hydrogen (secondary N) is 1. The highest BCUT2D eigenvalue weighted by Gasteiger charge is 2.14. The second-order valence-electron chi connectivity index (χ2n) is 5.42. The van der Waals surface area contributed by atoms with E-state index in [0.717, 1.165) is 12.8 Å². The summed E-state index contributed by atoms with van der Waals surface area (Å²) >= 11 is 1.30. The van der Waals surface area contributed by atoms with Gasteiger partial charge in [0.25, 0.3) is 5.69 Å². The SMILES string of the molecule is CCCCn1c(SCc2nc(-c3cccc([N+](=O)[O-])c3)no2)n[nH]c1=O. The van der Waals surface area contributed by atoms with E-state index in [-0.39, 0.29) is 17.2 Å². The van der Waals surface area contributed by atoms with E-state index >= 15 is 0 Å². The molecular formula is C15H16N6O4S. The van der Waals surface area contributed by atoms with E-state index in [1.165, 1.54) is 23.9 Å². The molecule has 2 aromatic heterocycles. The van der Waals surface area contributed by atoms with Crippen LogP contribution in [0.25, 0.3) is 11.4 Å². The summed E-state index contributed by atoms with van der Waals surface area (Å²) in [7, 11) is 0. The van der Waals surface area contributed by atoms with Crippen LogP contribution >= 0.6 is 11.8 Å². The van der Waals surface area contributed by atoms with E-state index in [1.807, 2.05) is 6.92 Å². The predicted molar refractivity (Wildman–Crippen MR) is 93.7 cm³/mol. The molecule has 11 heteroatoms. The Balaban J connectivity index is 1.71. The van der Waals surface area contributed by atoms with Gasteiger partial charge in [0.1, 0.15) is 0 Å². The Kier molecular flexibility index (Phi) is 5.46. The second kappa shape index (κ2) is 7.95. The van der Waals surface area contributed by atoms with Crippen molar-refractivity contribution in [2.24, 2.45) is 0 Å². The van der Waals surface area contributed by atoms with Crippen molar-refractivity contribution in [1.82, 2.24) is 24.9 Å². The fourth-order valence-electron chi connectivity index (χ4n) is 2.24. The summed E-state index contributed by atoms with van der Waals surface area (Å²) < 4.78 is 6.77. The molecule has 0 atom stereocenters. The summed E-state index contributed by atoms with van der Waals surface area (Å²) in [5.74, 6) is 0.946. The molecule has 0 aliphatic heterocycles. The van der Waals surface area contributed by atoms with Gasteiger partial charge in [-0.25, -0.2) is 9.89 Å². The molecule has 10 nitrogen and oxygen atoms in total. The number of hydrogen-bond donors (Lipinski definition) is 1. The van der Waals surface area contributed by atoms with E-state index in [2.05, 4.69) is 20.3 Å². The molecule has 0 fully saturated rings. The normalized spacial score (nSPS) is 11.0. The number of benzene rings is 1. The first kappa shape index (κ1) is 17.9. The molecule has 0 aliphatic rings. The van der Waals surface area contributed by atoms with Crippen LogP contribution in [0.5, 0.6) is 0 Å². The Morgan fingerprint density at radius 1 is 1.42 bits per heavy atom. The topological polar surface area (TPSA) is 133 Å². The van der Waals surface area contributed by atoms with Crippen molar-refractivity contribution in [2.75, 3.05) is 0 Å². The molecule has 0 aliphatic carbocycles. The van der Waals surface area contributed by atoms with Crippen LogP contribution in [0.15, 0.2) is 38.7 Å². The number of non-ortho nitro benzene ring substituents is 1. The number of nitro groups is 1. The minimum absolute atomic E-state index is 0.0420. The third-order valence-electron chi connectivity index (χ3n) is 3.57. The Labute approximate surface area is 151 Å². The summed E-state index contributed by atoms with van der Waals surface area (Å²) in [6, 6.07) is 6.02. The molecule has 0 amide bonds. The Bertz CT molecular complexity index is 963. The molecular weight excluding hydrogens is 360 g/mol. The Hall–Kier alpha value is -2.95. The van der Waals surface area contributed by atoms with Gasteiger partial charge in [0, 0.05) is 24.2 Å². The molecule has 0 saturated carbocycles. The molecule has 136 valence electrons. The zero-order chi connectivity index (χ0) is 18.5. The Morgan fingerprint density at radius 3 is 3.04 bits per heavy atom. The van der Waals surface area contributed by atoms with E-state index in [4.69, 9.17) is 4.52 Å². The molecule has 1 N–H and O–H groups in total. The molecule has 3 aromatic rings. The Morgan fingerprint density at radius 2 is 2.27 bits per heavy atom. The van der Waals surface area contributed by atoms with Crippen LogP contribution in [0.1, 0.15) is 25.7 Å². The van der Waals surface area contributed by atoms with Gasteiger partial charge in [0.15, 0.2) is 5.16 Å². The van der Waals surface area contributed by atoms with Crippen LogP contribution in [0.3, 0.4) is 0 Å². The van der Waals surface area contributed by atoms with Crippen molar-refractivity contribution in [3.63, 3.8) is 0 Å². The zero-order valence-corrected chi connectivity index (χ0v) is 14.7. The highest BCUT2D eigenvalue weighted by atomic mass is 32.2. The quantitative estimate of drug-likeness (QED) is 0.360. The maximum absolute atomic E-state index is 11.8. The van der Waals surface area contributed by atoms with Crippen LogP contribution in [0.4, 0.5) is 5.69 Å². The van der Waals surface area contributed by atoms with Gasteiger partial charge in [-0.1, -0.05) is 42.4 Å². The highest BCUT2D eigenvalue weighted by molar-refractivity contribution is 7.98. The first-order valence-corrected chi connectivity index (χ1v) is 8.92. The molecule has 2 heterocycles. The highest BCUT2D eigenvalue weighted by Crippen LogP contribution is 2.24. The van der Waals surface area contributed by atoms with Crippen molar-refractivity contribution >= 4 is 17.4 Å². The van der Waals surface area contributed by atoms with Crippen LogP contribution in [0.2, 0.25) is 0 Å². The number of aromatic amines is 1. The zero-order valence-electron chi connectivity index (χ0n) is 13.9. The van der Waals surface area contributed by atoms with Gasteiger partial charge in [-0.3, -0.25) is 14.7 Å². The lowest BCUT2D eigenvalue weighted by Gasteiger charge is -2.02. The average Bonchev–Trinajstić information content (AvgIpc) is 3.25. The van der Waals surface area contributed by atoms with Gasteiger partial charge in [0.05, 0.1) is 10.7 Å². The maximum atomic E-state index is 11.8. The number of H-pyrrole nitrogens is 1. The number of rotatable bonds is 8. The minimum Gasteiger partial charge on any atom is -0.338 e. The van der Waals surface area contributed by atoms with Crippen LogP contribution < -0.4 is 5.69 Å². The smallest absolute Gasteiger partial charge is 0.338 e. The van der Waals surface area contributed by atoms with Crippen LogP contribution in [-0.4, -0.2) is 29.8 Å². The second-order valence-corrected chi connectivity index (χ2v) is 6.37. The largest absolute Gasteiger partial charge is 0.343 e. The lowest BCUT2D eigenvalue weighted by atomic mass is 10.2. The van der Waals surface area contributed by atoms with E-state index in [9.17, 15) is 14.9 Å². The summed E-state index contributed by atoms with van der Waals surface area (Å²) in [6.07, 6.45) is 1.85. The van der Waals surface area contributed by atoms with Gasteiger partial charge in [-0.2, -0.15) is 4.98 Å². The molecule has 26 heavy (non-hydrogen) atoms. The number of unbranched alkanes of at least 4 members (excludes halogenated alkanes) is 1. The third kappa shape index (κ3) is 3.99. The summed E-state index contributed by atoms with van der Waals surface area (Å²) in [4.78, 5) is 26.4. The monoisotopic (exact) mass is 376 g/mol. The third-order valence-corrected chi connectivity index (χ3v) is 4.53. The number of nitrogens with zero attached hydrogens (tertiary/aromatic N) is 5.